The molecule has 0 unspecified atom stereocenters. The largest absolute Gasteiger partial charge is 0.339 e. The molecule has 2 fully saturated rings. The molecule has 2 heterocycles. The van der Waals surface area contributed by atoms with E-state index in [9.17, 15) is 23.2 Å². The number of benzene rings is 2. The topological polar surface area (TPSA) is 73.0 Å². The van der Waals surface area contributed by atoms with Gasteiger partial charge in [0.1, 0.15) is 23.7 Å². The van der Waals surface area contributed by atoms with Crippen LogP contribution in [-0.4, -0.2) is 70.8 Å². The Kier molecular flexibility index (Phi) is 7.16. The van der Waals surface area contributed by atoms with Crippen molar-refractivity contribution < 1.29 is 23.2 Å². The third-order valence-corrected chi connectivity index (χ3v) is 7.15. The Bertz CT molecular complexity index is 1030. The van der Waals surface area contributed by atoms with Gasteiger partial charge in [-0.05, 0) is 48.2 Å². The highest BCUT2D eigenvalue weighted by molar-refractivity contribution is 6.09. The molecule has 0 bridgehead atoms. The minimum atomic E-state index is -0.937. The van der Waals surface area contributed by atoms with Crippen molar-refractivity contribution in [1.82, 2.24) is 20.0 Å². The quantitative estimate of drug-likeness (QED) is 0.612. The SMILES string of the molecule is CCC1(CC)NC(=O)N(CC(=O)N2CCN(C(c3ccc(F)cc3)c3ccc(F)cc3)CC2)C1=O. The Morgan fingerprint density at radius 1 is 0.886 bits per heavy atom. The van der Waals surface area contributed by atoms with E-state index in [4.69, 9.17) is 0 Å². The highest BCUT2D eigenvalue weighted by Gasteiger charge is 2.49. The zero-order valence-electron chi connectivity index (χ0n) is 20.0. The molecule has 2 aromatic rings. The van der Waals surface area contributed by atoms with E-state index in [0.717, 1.165) is 16.0 Å². The summed E-state index contributed by atoms with van der Waals surface area (Å²) in [6.45, 7) is 5.27. The van der Waals surface area contributed by atoms with E-state index in [1.165, 1.54) is 24.3 Å². The van der Waals surface area contributed by atoms with Crippen LogP contribution in [0.1, 0.15) is 43.9 Å². The maximum absolute atomic E-state index is 13.5. The molecule has 1 N–H and O–H groups in total. The predicted octanol–water partition coefficient (Wildman–Crippen LogP) is 3.31. The molecule has 2 aromatic carbocycles. The van der Waals surface area contributed by atoms with Crippen molar-refractivity contribution in [2.24, 2.45) is 0 Å². The van der Waals surface area contributed by atoms with Crippen molar-refractivity contribution in [2.75, 3.05) is 32.7 Å². The average molecular weight is 485 g/mol. The van der Waals surface area contributed by atoms with Gasteiger partial charge in [-0.1, -0.05) is 38.1 Å². The van der Waals surface area contributed by atoms with E-state index in [1.807, 2.05) is 13.8 Å². The van der Waals surface area contributed by atoms with Gasteiger partial charge >= 0.3 is 6.03 Å². The monoisotopic (exact) mass is 484 g/mol. The number of halogens is 2. The molecule has 9 heteroatoms. The lowest BCUT2D eigenvalue weighted by molar-refractivity contribution is -0.140. The summed E-state index contributed by atoms with van der Waals surface area (Å²) in [5, 5.41) is 2.75. The highest BCUT2D eigenvalue weighted by atomic mass is 19.1. The molecule has 0 radical (unpaired) electrons. The van der Waals surface area contributed by atoms with E-state index in [-0.39, 0.29) is 36.0 Å². The number of piperazine rings is 1. The van der Waals surface area contributed by atoms with Gasteiger partial charge in [0.25, 0.3) is 5.91 Å². The summed E-state index contributed by atoms with van der Waals surface area (Å²) >= 11 is 0. The second kappa shape index (κ2) is 10.1. The first kappa shape index (κ1) is 24.8. The maximum Gasteiger partial charge on any atom is 0.325 e. The molecular formula is C26H30F2N4O3. The summed E-state index contributed by atoms with van der Waals surface area (Å²) in [6, 6.07) is 11.7. The van der Waals surface area contributed by atoms with Crippen LogP contribution in [0.2, 0.25) is 0 Å². The highest BCUT2D eigenvalue weighted by Crippen LogP contribution is 2.30. The van der Waals surface area contributed by atoms with Gasteiger partial charge in [-0.15, -0.1) is 0 Å². The van der Waals surface area contributed by atoms with Crippen molar-refractivity contribution in [1.29, 1.82) is 0 Å². The van der Waals surface area contributed by atoms with Crippen LogP contribution in [-0.2, 0) is 9.59 Å². The first-order chi connectivity index (χ1) is 16.8. The van der Waals surface area contributed by atoms with E-state index in [0.29, 0.717) is 39.0 Å². The van der Waals surface area contributed by atoms with E-state index >= 15 is 0 Å². The molecule has 0 atom stereocenters. The molecule has 4 rings (SSSR count). The number of amides is 4. The molecular weight excluding hydrogens is 454 g/mol. The van der Waals surface area contributed by atoms with Gasteiger partial charge in [-0.25, -0.2) is 13.6 Å². The van der Waals surface area contributed by atoms with Crippen molar-refractivity contribution >= 4 is 17.8 Å². The number of nitrogens with zero attached hydrogens (tertiary/aromatic N) is 3. The zero-order chi connectivity index (χ0) is 25.2. The van der Waals surface area contributed by atoms with Gasteiger partial charge in [-0.2, -0.15) is 0 Å². The summed E-state index contributed by atoms with van der Waals surface area (Å²) < 4.78 is 27.1. The molecule has 2 aliphatic rings. The van der Waals surface area contributed by atoms with Crippen LogP contribution in [0.4, 0.5) is 13.6 Å². The molecule has 35 heavy (non-hydrogen) atoms. The number of imide groups is 1. The van der Waals surface area contributed by atoms with Gasteiger partial charge in [0.2, 0.25) is 5.91 Å². The second-order valence-electron chi connectivity index (χ2n) is 9.03. The molecule has 0 spiro atoms. The fraction of sp³-hybridized carbons (Fsp3) is 0.423. The number of hydrogen-bond donors (Lipinski definition) is 1. The number of nitrogens with one attached hydrogen (secondary N) is 1. The lowest BCUT2D eigenvalue weighted by Gasteiger charge is -2.40. The first-order valence-corrected chi connectivity index (χ1v) is 11.9. The second-order valence-corrected chi connectivity index (χ2v) is 9.03. The molecule has 0 aliphatic carbocycles. The van der Waals surface area contributed by atoms with Gasteiger partial charge in [-0.3, -0.25) is 19.4 Å². The van der Waals surface area contributed by atoms with Gasteiger partial charge in [0.05, 0.1) is 6.04 Å². The number of rotatable bonds is 7. The van der Waals surface area contributed by atoms with Crippen LogP contribution in [0.3, 0.4) is 0 Å². The summed E-state index contributed by atoms with van der Waals surface area (Å²) in [6.07, 6.45) is 0.928. The maximum atomic E-state index is 13.5. The lowest BCUT2D eigenvalue weighted by atomic mass is 9.93. The Hall–Kier alpha value is -3.33. The number of carbonyl (C=O) groups is 3. The summed E-state index contributed by atoms with van der Waals surface area (Å²) in [5.74, 6) is -1.31. The van der Waals surface area contributed by atoms with Gasteiger partial charge in [0.15, 0.2) is 0 Å². The minimum Gasteiger partial charge on any atom is -0.339 e. The summed E-state index contributed by atoms with van der Waals surface area (Å²) in [5.41, 5.74) is 0.799. The van der Waals surface area contributed by atoms with Crippen LogP contribution in [0.15, 0.2) is 48.5 Å². The Morgan fingerprint density at radius 2 is 1.37 bits per heavy atom. The van der Waals surface area contributed by atoms with E-state index in [2.05, 4.69) is 10.2 Å². The Morgan fingerprint density at radius 3 is 1.80 bits per heavy atom. The third kappa shape index (κ3) is 4.91. The lowest BCUT2D eigenvalue weighted by Crippen LogP contribution is -2.53. The van der Waals surface area contributed by atoms with Crippen LogP contribution < -0.4 is 5.32 Å². The molecule has 186 valence electrons. The molecule has 4 amide bonds. The first-order valence-electron chi connectivity index (χ1n) is 11.9. The van der Waals surface area contributed by atoms with Gasteiger partial charge < -0.3 is 10.2 Å². The Balaban J connectivity index is 1.45. The number of carbonyl (C=O) groups excluding carboxylic acids is 3. The summed E-state index contributed by atoms with van der Waals surface area (Å²) in [4.78, 5) is 43.0. The van der Waals surface area contributed by atoms with Crippen molar-refractivity contribution in [2.45, 2.75) is 38.3 Å². The zero-order valence-corrected chi connectivity index (χ0v) is 20.0. The molecule has 0 aromatic heterocycles. The molecule has 0 saturated carbocycles. The number of urea groups is 1. The van der Waals surface area contributed by atoms with Crippen LogP contribution in [0.5, 0.6) is 0 Å². The third-order valence-electron chi connectivity index (χ3n) is 7.15. The fourth-order valence-corrected chi connectivity index (χ4v) is 4.92. The normalized spacial score (nSPS) is 18.3. The van der Waals surface area contributed by atoms with Crippen molar-refractivity contribution in [3.05, 3.63) is 71.3 Å². The average Bonchev–Trinajstić information content (AvgIpc) is 3.11. The smallest absolute Gasteiger partial charge is 0.325 e. The van der Waals surface area contributed by atoms with Gasteiger partial charge in [0, 0.05) is 26.2 Å². The van der Waals surface area contributed by atoms with Crippen molar-refractivity contribution in [3.8, 4) is 0 Å². The molecule has 2 aliphatic heterocycles. The number of hydrogen-bond acceptors (Lipinski definition) is 4. The molecule has 2 saturated heterocycles. The molecule has 7 nitrogen and oxygen atoms in total. The summed E-state index contributed by atoms with van der Waals surface area (Å²) in [7, 11) is 0. The standard InChI is InChI=1S/C26H30F2N4O3/c1-3-26(4-2)24(34)32(25(35)29-26)17-22(33)30-13-15-31(16-14-30)23(18-5-9-20(27)10-6-18)19-7-11-21(28)12-8-19/h5-12,23H,3-4,13-17H2,1-2H3,(H,29,35). The van der Waals surface area contributed by atoms with E-state index < -0.39 is 11.6 Å². The minimum absolute atomic E-state index is 0.228. The fourth-order valence-electron chi connectivity index (χ4n) is 4.92. The van der Waals surface area contributed by atoms with Crippen LogP contribution >= 0.6 is 0 Å². The van der Waals surface area contributed by atoms with E-state index in [1.54, 1.807) is 29.2 Å². The van der Waals surface area contributed by atoms with Crippen molar-refractivity contribution in [3.63, 3.8) is 0 Å². The van der Waals surface area contributed by atoms with Crippen LogP contribution in [0.25, 0.3) is 0 Å². The van der Waals surface area contributed by atoms with Crippen LogP contribution in [0, 0.1) is 11.6 Å². The predicted molar refractivity (Wildman–Crippen MR) is 126 cm³/mol. The Labute approximate surface area is 203 Å².